The van der Waals surface area contributed by atoms with E-state index in [1.54, 1.807) is 6.08 Å². The number of carbonyl (C=O) groups excluding carboxylic acids is 2. The van der Waals surface area contributed by atoms with Crippen LogP contribution in [0.1, 0.15) is 13.3 Å². The van der Waals surface area contributed by atoms with Gasteiger partial charge in [-0.15, -0.1) is 0 Å². The van der Waals surface area contributed by atoms with Crippen molar-refractivity contribution in [2.24, 2.45) is 17.8 Å². The lowest BCUT2D eigenvalue weighted by molar-refractivity contribution is -0.149. The number of aliphatic hydroxyl groups excluding tert-OH is 3. The van der Waals surface area contributed by atoms with Crippen LogP contribution in [0.4, 0.5) is 0 Å². The Morgan fingerprint density at radius 2 is 2.14 bits per heavy atom. The van der Waals surface area contributed by atoms with Crippen LogP contribution in [0, 0.1) is 17.8 Å². The van der Waals surface area contributed by atoms with E-state index in [0.29, 0.717) is 6.61 Å². The zero-order valence-electron chi connectivity index (χ0n) is 15.5. The number of aliphatic hydroxyl groups is 3. The van der Waals surface area contributed by atoms with Crippen molar-refractivity contribution in [1.29, 1.82) is 0 Å². The second-order valence-electron chi connectivity index (χ2n) is 7.95. The van der Waals surface area contributed by atoms with Crippen molar-refractivity contribution in [2.75, 3.05) is 19.8 Å². The van der Waals surface area contributed by atoms with E-state index in [0.717, 1.165) is 5.57 Å². The second kappa shape index (κ2) is 6.81. The van der Waals surface area contributed by atoms with E-state index in [9.17, 15) is 19.8 Å². The van der Waals surface area contributed by atoms with Gasteiger partial charge in [-0.05, 0) is 13.0 Å². The van der Waals surface area contributed by atoms with Crippen LogP contribution in [0.5, 0.6) is 0 Å². The summed E-state index contributed by atoms with van der Waals surface area (Å²) >= 11 is 0. The molecule has 4 rings (SSSR count). The minimum absolute atomic E-state index is 0.0683. The normalized spacial score (nSPS) is 41.9. The summed E-state index contributed by atoms with van der Waals surface area (Å²) in [5.41, 5.74) is 0.403. The average Bonchev–Trinajstić information content (AvgIpc) is 3.29. The van der Waals surface area contributed by atoms with Gasteiger partial charge in [0.2, 0.25) is 0 Å². The summed E-state index contributed by atoms with van der Waals surface area (Å²) in [7, 11) is 0. The highest BCUT2D eigenvalue weighted by Crippen LogP contribution is 2.58. The fraction of sp³-hybridized carbons (Fsp3) is 0.600. The van der Waals surface area contributed by atoms with Crippen molar-refractivity contribution in [2.45, 2.75) is 37.3 Å². The summed E-state index contributed by atoms with van der Waals surface area (Å²) in [5, 5.41) is 29.0. The van der Waals surface area contributed by atoms with Crippen molar-refractivity contribution < 1.29 is 39.1 Å². The van der Waals surface area contributed by atoms with Crippen molar-refractivity contribution in [1.82, 2.24) is 0 Å². The number of esters is 2. The SMILES string of the molecule is C=C1C(=O)O[C@@H]2[C@H]3C(C)=C[C@@H](O)[C@H]3[C@@]3(CO3)C[C@@H](OC(=O)/C(=C/CO)CO)[C@@H]12. The van der Waals surface area contributed by atoms with E-state index in [4.69, 9.17) is 19.3 Å². The Hall–Kier alpha value is -2.00. The van der Waals surface area contributed by atoms with Gasteiger partial charge in [0, 0.05) is 23.8 Å². The van der Waals surface area contributed by atoms with Crippen LogP contribution in [-0.4, -0.2) is 71.0 Å². The molecule has 7 atom stereocenters. The zero-order chi connectivity index (χ0) is 20.2. The van der Waals surface area contributed by atoms with Crippen molar-refractivity contribution in [3.8, 4) is 0 Å². The summed E-state index contributed by atoms with van der Waals surface area (Å²) in [6, 6.07) is 0. The molecule has 1 spiro atoms. The maximum absolute atomic E-state index is 12.5. The number of hydrogen-bond acceptors (Lipinski definition) is 8. The molecular formula is C20H24O8. The quantitative estimate of drug-likeness (QED) is 0.256. The van der Waals surface area contributed by atoms with Gasteiger partial charge >= 0.3 is 11.9 Å². The molecule has 8 heteroatoms. The Bertz CT molecular complexity index is 777. The molecule has 3 fully saturated rings. The van der Waals surface area contributed by atoms with E-state index in [2.05, 4.69) is 6.58 Å². The minimum Gasteiger partial charge on any atom is -0.458 e. The maximum Gasteiger partial charge on any atom is 0.336 e. The number of fused-ring (bicyclic) bond motifs is 4. The molecule has 0 aromatic heterocycles. The van der Waals surface area contributed by atoms with Crippen molar-refractivity contribution >= 4 is 11.9 Å². The third-order valence-corrected chi connectivity index (χ3v) is 6.43. The van der Waals surface area contributed by atoms with Crippen LogP contribution in [0.25, 0.3) is 0 Å². The zero-order valence-corrected chi connectivity index (χ0v) is 15.5. The lowest BCUT2D eigenvalue weighted by atomic mass is 9.77. The Morgan fingerprint density at radius 1 is 1.43 bits per heavy atom. The largest absolute Gasteiger partial charge is 0.458 e. The van der Waals surface area contributed by atoms with E-state index < -0.39 is 55.0 Å². The van der Waals surface area contributed by atoms with Gasteiger partial charge in [-0.3, -0.25) is 0 Å². The molecule has 8 nitrogen and oxygen atoms in total. The highest BCUT2D eigenvalue weighted by atomic mass is 16.6. The van der Waals surface area contributed by atoms with E-state index in [1.165, 1.54) is 6.08 Å². The van der Waals surface area contributed by atoms with Gasteiger partial charge in [0.15, 0.2) is 0 Å². The van der Waals surface area contributed by atoms with Gasteiger partial charge < -0.3 is 29.5 Å². The van der Waals surface area contributed by atoms with Crippen LogP contribution < -0.4 is 0 Å². The first-order chi connectivity index (χ1) is 13.3. The molecule has 4 aliphatic rings. The van der Waals surface area contributed by atoms with Crippen molar-refractivity contribution in [3.63, 3.8) is 0 Å². The maximum atomic E-state index is 12.5. The molecule has 0 aromatic carbocycles. The molecule has 3 N–H and O–H groups in total. The molecule has 28 heavy (non-hydrogen) atoms. The van der Waals surface area contributed by atoms with Gasteiger partial charge in [0.25, 0.3) is 0 Å². The van der Waals surface area contributed by atoms with E-state index >= 15 is 0 Å². The molecule has 0 unspecified atom stereocenters. The first kappa shape index (κ1) is 19.3. The topological polar surface area (TPSA) is 126 Å². The molecule has 2 aliphatic carbocycles. The molecule has 2 aliphatic heterocycles. The predicted molar refractivity (Wildman–Crippen MR) is 94.7 cm³/mol. The standard InChI is InChI=1S/C20H24O8/c1-9-5-12(23)16-14(9)17-15(10(2)18(24)28-17)13(6-20(16)8-26-20)27-19(25)11(7-22)3-4-21/h3,5,12-17,21-23H,2,4,6-8H2,1H3/b11-3+/t12-,13-,14+,15-,16-,17-,20+/m1/s1. The van der Waals surface area contributed by atoms with Gasteiger partial charge in [-0.2, -0.15) is 0 Å². The minimum atomic E-state index is -0.775. The second-order valence-corrected chi connectivity index (χ2v) is 7.95. The summed E-state index contributed by atoms with van der Waals surface area (Å²) in [6.45, 7) is 5.16. The predicted octanol–water partition coefficient (Wildman–Crippen LogP) is -0.367. The highest BCUT2D eigenvalue weighted by molar-refractivity contribution is 5.92. The third kappa shape index (κ3) is 2.83. The molecule has 0 radical (unpaired) electrons. The lowest BCUT2D eigenvalue weighted by Gasteiger charge is -2.30. The molecule has 2 heterocycles. The fourth-order valence-electron chi connectivity index (χ4n) is 5.08. The Kier molecular flexibility index (Phi) is 4.70. The first-order valence-electron chi connectivity index (χ1n) is 9.35. The number of epoxide rings is 1. The van der Waals surface area contributed by atoms with Gasteiger partial charge in [-0.1, -0.05) is 18.2 Å². The number of ether oxygens (including phenoxy) is 3. The summed E-state index contributed by atoms with van der Waals surface area (Å²) in [5.74, 6) is -2.43. The lowest BCUT2D eigenvalue weighted by Crippen LogP contribution is -2.39. The Labute approximate surface area is 162 Å². The summed E-state index contributed by atoms with van der Waals surface area (Å²) < 4.78 is 17.0. The first-order valence-corrected chi connectivity index (χ1v) is 9.35. The number of rotatable bonds is 4. The molecule has 0 bridgehead atoms. The highest BCUT2D eigenvalue weighted by Gasteiger charge is 2.67. The molecule has 0 amide bonds. The molecule has 2 saturated heterocycles. The van der Waals surface area contributed by atoms with Crippen LogP contribution >= 0.6 is 0 Å². The molecule has 1 saturated carbocycles. The fourth-order valence-corrected chi connectivity index (χ4v) is 5.08. The Morgan fingerprint density at radius 3 is 2.75 bits per heavy atom. The van der Waals surface area contributed by atoms with Crippen LogP contribution in [0.2, 0.25) is 0 Å². The third-order valence-electron chi connectivity index (χ3n) is 6.43. The van der Waals surface area contributed by atoms with Gasteiger partial charge in [-0.25, -0.2) is 9.59 Å². The van der Waals surface area contributed by atoms with Gasteiger partial charge in [0.05, 0.1) is 37.4 Å². The monoisotopic (exact) mass is 392 g/mol. The van der Waals surface area contributed by atoms with Crippen LogP contribution in [-0.2, 0) is 23.8 Å². The smallest absolute Gasteiger partial charge is 0.336 e. The molecule has 0 aromatic rings. The summed E-state index contributed by atoms with van der Waals surface area (Å²) in [4.78, 5) is 24.8. The van der Waals surface area contributed by atoms with Crippen LogP contribution in [0.3, 0.4) is 0 Å². The Balaban J connectivity index is 1.70. The molecule has 152 valence electrons. The van der Waals surface area contributed by atoms with E-state index in [-0.39, 0.29) is 29.4 Å². The van der Waals surface area contributed by atoms with Crippen molar-refractivity contribution in [3.05, 3.63) is 35.5 Å². The van der Waals surface area contributed by atoms with E-state index in [1.807, 2.05) is 6.92 Å². The number of hydrogen-bond donors (Lipinski definition) is 3. The van der Waals surface area contributed by atoms with Gasteiger partial charge in [0.1, 0.15) is 17.8 Å². The average molecular weight is 392 g/mol. The molecular weight excluding hydrogens is 368 g/mol. The van der Waals surface area contributed by atoms with Crippen LogP contribution in [0.15, 0.2) is 35.5 Å². The summed E-state index contributed by atoms with van der Waals surface area (Å²) in [6.07, 6.45) is 1.11. The number of carbonyl (C=O) groups is 2.